The van der Waals surface area contributed by atoms with Gasteiger partial charge in [-0.15, -0.1) is 0 Å². The summed E-state index contributed by atoms with van der Waals surface area (Å²) in [6.45, 7) is 3.31. The first-order valence-electron chi connectivity index (χ1n) is 7.01. The summed E-state index contributed by atoms with van der Waals surface area (Å²) in [6, 6.07) is 8.02. The van der Waals surface area contributed by atoms with Gasteiger partial charge in [-0.25, -0.2) is 0 Å². The molecule has 0 saturated carbocycles. The van der Waals surface area contributed by atoms with Gasteiger partial charge in [0, 0.05) is 13.1 Å². The Morgan fingerprint density at radius 1 is 1.30 bits per heavy atom. The Morgan fingerprint density at radius 3 is 2.60 bits per heavy atom. The van der Waals surface area contributed by atoms with Crippen molar-refractivity contribution in [3.05, 3.63) is 35.4 Å². The quantitative estimate of drug-likeness (QED) is 0.792. The average molecular weight is 275 g/mol. The molecule has 1 aromatic rings. The molecular weight excluding hydrogens is 254 g/mol. The first-order chi connectivity index (χ1) is 9.60. The van der Waals surface area contributed by atoms with Crippen molar-refractivity contribution in [3.8, 4) is 0 Å². The minimum atomic E-state index is -0.157. The predicted molar refractivity (Wildman–Crippen MR) is 76.2 cm³/mol. The second kappa shape index (κ2) is 6.55. The molecule has 108 valence electrons. The molecule has 0 bridgehead atoms. The van der Waals surface area contributed by atoms with Crippen LogP contribution in [0.5, 0.6) is 0 Å². The van der Waals surface area contributed by atoms with Crippen LogP contribution in [-0.4, -0.2) is 37.0 Å². The largest absolute Gasteiger partial charge is 0.469 e. The highest BCUT2D eigenvalue weighted by Crippen LogP contribution is 2.19. The number of likely N-dealkylation sites (tertiary alicyclic amines) is 1. The Bertz CT molecular complexity index is 490. The zero-order chi connectivity index (χ0) is 14.5. The van der Waals surface area contributed by atoms with E-state index in [0.717, 1.165) is 5.56 Å². The molecule has 1 fully saturated rings. The summed E-state index contributed by atoms with van der Waals surface area (Å²) in [7, 11) is 1.41. The maximum Gasteiger partial charge on any atom is 0.308 e. The second-order valence-electron chi connectivity index (χ2n) is 5.34. The summed E-state index contributed by atoms with van der Waals surface area (Å²) in [5.41, 5.74) is 2.21. The van der Waals surface area contributed by atoms with E-state index >= 15 is 0 Å². The van der Waals surface area contributed by atoms with Crippen molar-refractivity contribution in [3.63, 3.8) is 0 Å². The number of esters is 1. The van der Waals surface area contributed by atoms with Crippen molar-refractivity contribution in [2.24, 2.45) is 5.92 Å². The molecule has 0 spiro atoms. The number of methoxy groups -OCH3 is 1. The third-order valence-electron chi connectivity index (χ3n) is 3.82. The number of benzene rings is 1. The van der Waals surface area contributed by atoms with Gasteiger partial charge in [-0.1, -0.05) is 29.8 Å². The van der Waals surface area contributed by atoms with E-state index in [-0.39, 0.29) is 17.8 Å². The number of amides is 1. The number of aryl methyl sites for hydroxylation is 1. The molecule has 1 aromatic carbocycles. The molecule has 0 atom stereocenters. The van der Waals surface area contributed by atoms with E-state index in [2.05, 4.69) is 0 Å². The van der Waals surface area contributed by atoms with Crippen LogP contribution in [0.25, 0.3) is 0 Å². The molecule has 0 aliphatic carbocycles. The van der Waals surface area contributed by atoms with Crippen LogP contribution in [0.4, 0.5) is 0 Å². The summed E-state index contributed by atoms with van der Waals surface area (Å²) in [4.78, 5) is 25.5. The first kappa shape index (κ1) is 14.6. The lowest BCUT2D eigenvalue weighted by Crippen LogP contribution is -2.41. The van der Waals surface area contributed by atoms with Crippen LogP contribution in [0.15, 0.2) is 24.3 Å². The highest BCUT2D eigenvalue weighted by Gasteiger charge is 2.27. The Kier molecular flexibility index (Phi) is 4.77. The number of carbonyl (C=O) groups is 2. The molecule has 1 amide bonds. The highest BCUT2D eigenvalue weighted by atomic mass is 16.5. The zero-order valence-electron chi connectivity index (χ0n) is 12.1. The molecule has 1 aliphatic heterocycles. The zero-order valence-corrected chi connectivity index (χ0v) is 12.1. The summed E-state index contributed by atoms with van der Waals surface area (Å²) in [5, 5.41) is 0. The van der Waals surface area contributed by atoms with Gasteiger partial charge in [0.1, 0.15) is 0 Å². The monoisotopic (exact) mass is 275 g/mol. The minimum Gasteiger partial charge on any atom is -0.469 e. The average Bonchev–Trinajstić information content (AvgIpc) is 2.46. The lowest BCUT2D eigenvalue weighted by Gasteiger charge is -2.30. The fourth-order valence-corrected chi connectivity index (χ4v) is 2.64. The Morgan fingerprint density at radius 2 is 2.00 bits per heavy atom. The SMILES string of the molecule is COC(=O)C1CCN(C(=O)Cc2cccc(C)c2)CC1. The number of carbonyl (C=O) groups excluding carboxylic acids is 2. The molecule has 0 radical (unpaired) electrons. The summed E-state index contributed by atoms with van der Waals surface area (Å²) < 4.78 is 4.75. The Hall–Kier alpha value is -1.84. The van der Waals surface area contributed by atoms with E-state index in [9.17, 15) is 9.59 Å². The van der Waals surface area contributed by atoms with E-state index in [1.54, 1.807) is 0 Å². The van der Waals surface area contributed by atoms with E-state index in [1.165, 1.54) is 12.7 Å². The van der Waals surface area contributed by atoms with Crippen LogP contribution in [0, 0.1) is 12.8 Å². The third kappa shape index (κ3) is 3.59. The molecular formula is C16H21NO3. The summed E-state index contributed by atoms with van der Waals surface area (Å²) in [6.07, 6.45) is 1.84. The molecule has 4 nitrogen and oxygen atoms in total. The van der Waals surface area contributed by atoms with E-state index in [1.807, 2.05) is 36.1 Å². The first-order valence-corrected chi connectivity index (χ1v) is 7.01. The van der Waals surface area contributed by atoms with Crippen molar-refractivity contribution in [2.75, 3.05) is 20.2 Å². The molecule has 20 heavy (non-hydrogen) atoms. The van der Waals surface area contributed by atoms with Crippen molar-refractivity contribution >= 4 is 11.9 Å². The number of ether oxygens (including phenoxy) is 1. The lowest BCUT2D eigenvalue weighted by atomic mass is 9.96. The van der Waals surface area contributed by atoms with Gasteiger partial charge in [0.2, 0.25) is 5.91 Å². The van der Waals surface area contributed by atoms with Crippen LogP contribution in [0.2, 0.25) is 0 Å². The second-order valence-corrected chi connectivity index (χ2v) is 5.34. The van der Waals surface area contributed by atoms with Crippen LogP contribution < -0.4 is 0 Å². The van der Waals surface area contributed by atoms with Crippen molar-refractivity contribution in [1.82, 2.24) is 4.90 Å². The van der Waals surface area contributed by atoms with Crippen molar-refractivity contribution < 1.29 is 14.3 Å². The number of hydrogen-bond acceptors (Lipinski definition) is 3. The normalized spacial score (nSPS) is 16.0. The van der Waals surface area contributed by atoms with Gasteiger partial charge < -0.3 is 9.64 Å². The van der Waals surface area contributed by atoms with Gasteiger partial charge >= 0.3 is 5.97 Å². The summed E-state index contributed by atoms with van der Waals surface area (Å²) in [5.74, 6) is -0.0716. The van der Waals surface area contributed by atoms with E-state index in [4.69, 9.17) is 4.74 Å². The van der Waals surface area contributed by atoms with Gasteiger partial charge in [0.15, 0.2) is 0 Å². The molecule has 2 rings (SSSR count). The van der Waals surface area contributed by atoms with E-state index in [0.29, 0.717) is 32.4 Å². The van der Waals surface area contributed by atoms with Gasteiger partial charge in [-0.3, -0.25) is 9.59 Å². The Balaban J connectivity index is 1.87. The standard InChI is InChI=1S/C16H21NO3/c1-12-4-3-5-13(10-12)11-15(18)17-8-6-14(7-9-17)16(19)20-2/h3-5,10,14H,6-9,11H2,1-2H3. The molecule has 1 heterocycles. The Labute approximate surface area is 119 Å². The maximum absolute atomic E-state index is 12.2. The summed E-state index contributed by atoms with van der Waals surface area (Å²) >= 11 is 0. The van der Waals surface area contributed by atoms with Crippen LogP contribution >= 0.6 is 0 Å². The minimum absolute atomic E-state index is 0.0528. The van der Waals surface area contributed by atoms with Gasteiger partial charge in [-0.05, 0) is 25.3 Å². The van der Waals surface area contributed by atoms with Gasteiger partial charge in [0.25, 0.3) is 0 Å². The van der Waals surface area contributed by atoms with E-state index < -0.39 is 0 Å². The number of nitrogens with zero attached hydrogens (tertiary/aromatic N) is 1. The number of hydrogen-bond donors (Lipinski definition) is 0. The fourth-order valence-electron chi connectivity index (χ4n) is 2.64. The molecule has 1 aliphatic rings. The van der Waals surface area contributed by atoms with Crippen molar-refractivity contribution in [2.45, 2.75) is 26.2 Å². The van der Waals surface area contributed by atoms with Crippen molar-refractivity contribution in [1.29, 1.82) is 0 Å². The molecule has 0 unspecified atom stereocenters. The lowest BCUT2D eigenvalue weighted by molar-refractivity contribution is -0.148. The topological polar surface area (TPSA) is 46.6 Å². The predicted octanol–water partition coefficient (Wildman–Crippen LogP) is 1.95. The maximum atomic E-state index is 12.2. The van der Waals surface area contributed by atoms with Crippen LogP contribution in [-0.2, 0) is 20.7 Å². The van der Waals surface area contributed by atoms with Gasteiger partial charge in [-0.2, -0.15) is 0 Å². The third-order valence-corrected chi connectivity index (χ3v) is 3.82. The molecule has 4 heteroatoms. The van der Waals surface area contributed by atoms with Crippen LogP contribution in [0.1, 0.15) is 24.0 Å². The molecule has 1 saturated heterocycles. The molecule has 0 aromatic heterocycles. The fraction of sp³-hybridized carbons (Fsp3) is 0.500. The molecule has 0 N–H and O–H groups in total. The van der Waals surface area contributed by atoms with Gasteiger partial charge in [0.05, 0.1) is 19.4 Å². The highest BCUT2D eigenvalue weighted by molar-refractivity contribution is 5.79. The smallest absolute Gasteiger partial charge is 0.308 e. The number of piperidine rings is 1. The van der Waals surface area contributed by atoms with Crippen LogP contribution in [0.3, 0.4) is 0 Å². The number of rotatable bonds is 3.